The molecular formula is C8H6FNS2. The molecule has 1 aromatic carbocycles. The highest BCUT2D eigenvalue weighted by Gasteiger charge is 2.07. The lowest BCUT2D eigenvalue weighted by Crippen LogP contribution is -1.89. The minimum Gasteiger partial charge on any atom is -0.395 e. The molecule has 1 heterocycles. The lowest BCUT2D eigenvalue weighted by atomic mass is 10.2. The molecule has 62 valence electrons. The van der Waals surface area contributed by atoms with Crippen LogP contribution in [0.1, 0.15) is 0 Å². The van der Waals surface area contributed by atoms with Crippen LogP contribution in [-0.4, -0.2) is 0 Å². The van der Waals surface area contributed by atoms with E-state index in [1.807, 2.05) is 5.38 Å². The van der Waals surface area contributed by atoms with E-state index < -0.39 is 0 Å². The van der Waals surface area contributed by atoms with Crippen LogP contribution in [0.2, 0.25) is 0 Å². The van der Waals surface area contributed by atoms with Gasteiger partial charge < -0.3 is 5.73 Å². The van der Waals surface area contributed by atoms with Gasteiger partial charge in [-0.25, -0.2) is 4.39 Å². The topological polar surface area (TPSA) is 26.0 Å². The van der Waals surface area contributed by atoms with Gasteiger partial charge in [-0.2, -0.15) is 0 Å². The van der Waals surface area contributed by atoms with Crippen molar-refractivity contribution < 1.29 is 4.39 Å². The summed E-state index contributed by atoms with van der Waals surface area (Å²) in [5.74, 6) is -0.363. The number of rotatable bonds is 0. The van der Waals surface area contributed by atoms with Gasteiger partial charge in [0.15, 0.2) is 0 Å². The van der Waals surface area contributed by atoms with E-state index in [2.05, 4.69) is 12.6 Å². The lowest BCUT2D eigenvalue weighted by Gasteiger charge is -1.97. The number of hydrogen-bond donors (Lipinski definition) is 2. The first-order chi connectivity index (χ1) is 5.70. The summed E-state index contributed by atoms with van der Waals surface area (Å²) >= 11 is 5.63. The number of thiophene rings is 1. The van der Waals surface area contributed by atoms with Crippen LogP contribution in [0.4, 0.5) is 10.1 Å². The molecule has 2 aromatic rings. The molecular weight excluding hydrogens is 193 g/mol. The number of nitrogen functional groups attached to an aromatic ring is 1. The molecule has 0 radical (unpaired) electrons. The van der Waals surface area contributed by atoms with E-state index in [-0.39, 0.29) is 11.5 Å². The molecule has 0 spiro atoms. The van der Waals surface area contributed by atoms with Crippen LogP contribution in [0.15, 0.2) is 22.4 Å². The Balaban J connectivity index is 2.93. The van der Waals surface area contributed by atoms with Gasteiger partial charge in [0, 0.05) is 15.7 Å². The molecule has 0 saturated carbocycles. The van der Waals surface area contributed by atoms with Crippen molar-refractivity contribution in [2.24, 2.45) is 0 Å². The minimum atomic E-state index is -0.363. The highest BCUT2D eigenvalue weighted by molar-refractivity contribution is 7.80. The summed E-state index contributed by atoms with van der Waals surface area (Å²) in [6.45, 7) is 0. The average Bonchev–Trinajstić information content (AvgIpc) is 2.41. The van der Waals surface area contributed by atoms with Gasteiger partial charge >= 0.3 is 0 Å². The van der Waals surface area contributed by atoms with Gasteiger partial charge in [0.05, 0.1) is 10.4 Å². The van der Waals surface area contributed by atoms with Crippen molar-refractivity contribution >= 4 is 39.7 Å². The van der Waals surface area contributed by atoms with Crippen LogP contribution in [0, 0.1) is 5.82 Å². The smallest absolute Gasteiger partial charge is 0.147 e. The van der Waals surface area contributed by atoms with Crippen molar-refractivity contribution in [1.82, 2.24) is 0 Å². The molecule has 0 saturated heterocycles. The predicted molar refractivity (Wildman–Crippen MR) is 53.4 cm³/mol. The fraction of sp³-hybridized carbons (Fsp3) is 0. The summed E-state index contributed by atoms with van der Waals surface area (Å²) in [6.07, 6.45) is 0. The van der Waals surface area contributed by atoms with Gasteiger partial charge in [-0.15, -0.1) is 24.0 Å². The average molecular weight is 199 g/mol. The fourth-order valence-electron chi connectivity index (χ4n) is 1.08. The van der Waals surface area contributed by atoms with Gasteiger partial charge in [-0.05, 0) is 12.1 Å². The Bertz CT molecular complexity index is 436. The minimum absolute atomic E-state index is 0.220. The number of benzene rings is 1. The molecule has 0 amide bonds. The number of anilines is 1. The van der Waals surface area contributed by atoms with Crippen molar-refractivity contribution in [3.8, 4) is 0 Å². The van der Waals surface area contributed by atoms with Gasteiger partial charge in [0.1, 0.15) is 5.82 Å². The van der Waals surface area contributed by atoms with E-state index >= 15 is 0 Å². The third-order valence-electron chi connectivity index (χ3n) is 1.71. The van der Waals surface area contributed by atoms with Crippen LogP contribution in [0.25, 0.3) is 10.1 Å². The molecule has 2 rings (SSSR count). The van der Waals surface area contributed by atoms with E-state index in [4.69, 9.17) is 5.73 Å². The van der Waals surface area contributed by atoms with Crippen LogP contribution >= 0.6 is 24.0 Å². The van der Waals surface area contributed by atoms with Crippen molar-refractivity contribution in [3.63, 3.8) is 0 Å². The number of thiol groups is 1. The maximum absolute atomic E-state index is 12.9. The largest absolute Gasteiger partial charge is 0.395 e. The molecule has 1 nitrogen and oxygen atoms in total. The predicted octanol–water partition coefficient (Wildman–Crippen LogP) is 2.91. The Morgan fingerprint density at radius 3 is 2.92 bits per heavy atom. The third kappa shape index (κ3) is 0.990. The van der Waals surface area contributed by atoms with Crippen molar-refractivity contribution in [2.45, 2.75) is 4.90 Å². The van der Waals surface area contributed by atoms with Crippen LogP contribution < -0.4 is 5.73 Å². The van der Waals surface area contributed by atoms with Crippen LogP contribution in [0.3, 0.4) is 0 Å². The summed E-state index contributed by atoms with van der Waals surface area (Å²) in [5.41, 5.74) is 5.75. The number of hydrogen-bond acceptors (Lipinski definition) is 3. The molecule has 1 aromatic heterocycles. The Morgan fingerprint density at radius 2 is 2.17 bits per heavy atom. The molecule has 0 fully saturated rings. The Labute approximate surface area is 78.4 Å². The molecule has 4 heteroatoms. The highest BCUT2D eigenvalue weighted by atomic mass is 32.1. The van der Waals surface area contributed by atoms with E-state index in [1.165, 1.54) is 17.4 Å². The zero-order valence-corrected chi connectivity index (χ0v) is 7.75. The quantitative estimate of drug-likeness (QED) is 0.495. The number of halogens is 1. The van der Waals surface area contributed by atoms with E-state index in [0.29, 0.717) is 0 Å². The number of nitrogens with two attached hydrogens (primary N) is 1. The summed E-state index contributed by atoms with van der Waals surface area (Å²) < 4.78 is 13.7. The zero-order chi connectivity index (χ0) is 8.72. The zero-order valence-electron chi connectivity index (χ0n) is 6.04. The molecule has 0 unspecified atom stereocenters. The standard InChI is InChI=1S/C8H6FNS2/c9-5-2-1-4-6(11)3-12-8(4)7(5)10/h1-3,11H,10H2. The Kier molecular flexibility index (Phi) is 1.73. The molecule has 0 atom stereocenters. The van der Waals surface area contributed by atoms with Gasteiger partial charge in [-0.1, -0.05) is 0 Å². The summed E-state index contributed by atoms with van der Waals surface area (Å²) in [4.78, 5) is 0.849. The monoisotopic (exact) mass is 199 g/mol. The lowest BCUT2D eigenvalue weighted by molar-refractivity contribution is 0.634. The second-order valence-corrected chi connectivity index (χ2v) is 3.82. The fourth-order valence-corrected chi connectivity index (χ4v) is 2.39. The molecule has 0 aliphatic carbocycles. The maximum atomic E-state index is 12.9. The van der Waals surface area contributed by atoms with E-state index in [9.17, 15) is 4.39 Å². The Morgan fingerprint density at radius 1 is 1.42 bits per heavy atom. The van der Waals surface area contributed by atoms with Gasteiger partial charge in [0.25, 0.3) is 0 Å². The SMILES string of the molecule is Nc1c(F)ccc2c(S)csc12. The summed E-state index contributed by atoms with van der Waals surface area (Å²) in [6, 6.07) is 3.06. The van der Waals surface area contributed by atoms with Gasteiger partial charge in [0.2, 0.25) is 0 Å². The third-order valence-corrected chi connectivity index (χ3v) is 3.28. The second kappa shape index (κ2) is 2.64. The molecule has 2 N–H and O–H groups in total. The van der Waals surface area contributed by atoms with Crippen LogP contribution in [-0.2, 0) is 0 Å². The normalized spacial score (nSPS) is 10.8. The summed E-state index contributed by atoms with van der Waals surface area (Å²) in [7, 11) is 0. The van der Waals surface area contributed by atoms with E-state index in [1.54, 1.807) is 6.07 Å². The van der Waals surface area contributed by atoms with Crippen molar-refractivity contribution in [2.75, 3.05) is 5.73 Å². The van der Waals surface area contributed by atoms with E-state index in [0.717, 1.165) is 15.0 Å². The van der Waals surface area contributed by atoms with Crippen molar-refractivity contribution in [1.29, 1.82) is 0 Å². The highest BCUT2D eigenvalue weighted by Crippen LogP contribution is 2.33. The van der Waals surface area contributed by atoms with Gasteiger partial charge in [-0.3, -0.25) is 0 Å². The first-order valence-corrected chi connectivity index (χ1v) is 4.67. The molecule has 0 aliphatic heterocycles. The molecule has 0 bridgehead atoms. The van der Waals surface area contributed by atoms with Crippen molar-refractivity contribution in [3.05, 3.63) is 23.3 Å². The molecule has 12 heavy (non-hydrogen) atoms. The maximum Gasteiger partial charge on any atom is 0.147 e. The van der Waals surface area contributed by atoms with Crippen LogP contribution in [0.5, 0.6) is 0 Å². The number of fused-ring (bicyclic) bond motifs is 1. The second-order valence-electron chi connectivity index (χ2n) is 2.46. The first-order valence-electron chi connectivity index (χ1n) is 3.34. The Hall–Kier alpha value is -0.740. The first kappa shape index (κ1) is 7.89. The summed E-state index contributed by atoms with van der Waals surface area (Å²) in [5, 5.41) is 2.77. The molecule has 0 aliphatic rings.